The molecule has 0 amide bonds. The lowest BCUT2D eigenvalue weighted by molar-refractivity contribution is 0.0171. The molecule has 0 radical (unpaired) electrons. The van der Waals surface area contributed by atoms with Gasteiger partial charge in [-0.15, -0.1) is 0 Å². The van der Waals surface area contributed by atoms with Crippen LogP contribution in [0, 0.1) is 0 Å². The van der Waals surface area contributed by atoms with Crippen LogP contribution in [0.25, 0.3) is 0 Å². The van der Waals surface area contributed by atoms with Gasteiger partial charge in [-0.2, -0.15) is 0 Å². The van der Waals surface area contributed by atoms with Gasteiger partial charge in [0.2, 0.25) is 0 Å². The van der Waals surface area contributed by atoms with E-state index >= 15 is 0 Å². The fourth-order valence-corrected chi connectivity index (χ4v) is 1.25. The van der Waals surface area contributed by atoms with E-state index in [0.29, 0.717) is 17.9 Å². The highest BCUT2D eigenvalue weighted by Crippen LogP contribution is 2.31. The molecule has 0 saturated carbocycles. The molecule has 1 N–H and O–H groups in total. The molecule has 0 aliphatic rings. The second kappa shape index (κ2) is 4.57. The number of hydrogen-bond acceptors (Lipinski definition) is 2. The summed E-state index contributed by atoms with van der Waals surface area (Å²) >= 11 is 0. The summed E-state index contributed by atoms with van der Waals surface area (Å²) in [6.07, 6.45) is 0. The predicted molar refractivity (Wildman–Crippen MR) is 53.1 cm³/mol. The first-order valence-corrected chi connectivity index (χ1v) is 4.74. The van der Waals surface area contributed by atoms with E-state index in [0.717, 1.165) is 6.92 Å². The van der Waals surface area contributed by atoms with Crippen LogP contribution in [0.2, 0.25) is 0 Å². The van der Waals surface area contributed by atoms with Crippen molar-refractivity contribution in [2.75, 3.05) is 6.61 Å². The lowest BCUT2D eigenvalue weighted by Gasteiger charge is -2.14. The lowest BCUT2D eigenvalue weighted by atomic mass is 10.1. The maximum absolute atomic E-state index is 13.0. The van der Waals surface area contributed by atoms with E-state index in [1.165, 1.54) is 18.2 Å². The first-order chi connectivity index (χ1) is 6.99. The highest BCUT2D eigenvalue weighted by Gasteiger charge is 2.25. The van der Waals surface area contributed by atoms with Crippen molar-refractivity contribution in [1.82, 2.24) is 0 Å². The Labute approximate surface area is 87.5 Å². The van der Waals surface area contributed by atoms with E-state index in [1.54, 1.807) is 6.92 Å². The molecule has 1 aromatic rings. The monoisotopic (exact) mass is 216 g/mol. The van der Waals surface area contributed by atoms with Gasteiger partial charge in [-0.05, 0) is 13.0 Å². The molecular weight excluding hydrogens is 202 g/mol. The van der Waals surface area contributed by atoms with Crippen LogP contribution >= 0.6 is 0 Å². The van der Waals surface area contributed by atoms with Crippen molar-refractivity contribution in [3.63, 3.8) is 0 Å². The minimum atomic E-state index is -2.89. The molecule has 2 nitrogen and oxygen atoms in total. The largest absolute Gasteiger partial charge is 0.493 e. The molecule has 1 rings (SSSR count). The highest BCUT2D eigenvalue weighted by molar-refractivity contribution is 5.38. The van der Waals surface area contributed by atoms with Crippen molar-refractivity contribution < 1.29 is 18.6 Å². The average Bonchev–Trinajstić information content (AvgIpc) is 2.17. The minimum Gasteiger partial charge on any atom is -0.493 e. The van der Waals surface area contributed by atoms with Gasteiger partial charge in [-0.25, -0.2) is 8.78 Å². The zero-order chi connectivity index (χ0) is 11.5. The molecule has 0 fully saturated rings. The zero-order valence-corrected chi connectivity index (χ0v) is 8.76. The molecule has 0 saturated heterocycles. The molecule has 84 valence electrons. The first kappa shape index (κ1) is 11.9. The Hall–Kier alpha value is -1.16. The molecule has 15 heavy (non-hydrogen) atoms. The van der Waals surface area contributed by atoms with Gasteiger partial charge in [0.25, 0.3) is 5.92 Å². The van der Waals surface area contributed by atoms with Crippen LogP contribution in [0.3, 0.4) is 0 Å². The average molecular weight is 216 g/mol. The maximum Gasteiger partial charge on any atom is 0.270 e. The SMILES string of the molecule is CCOc1cc(C(C)(F)F)ccc1CO. The first-order valence-electron chi connectivity index (χ1n) is 4.74. The fraction of sp³-hybridized carbons (Fsp3) is 0.455. The van der Waals surface area contributed by atoms with Crippen molar-refractivity contribution >= 4 is 0 Å². The summed E-state index contributed by atoms with van der Waals surface area (Å²) < 4.78 is 31.2. The summed E-state index contributed by atoms with van der Waals surface area (Å²) in [5.41, 5.74) is 0.410. The summed E-state index contributed by atoms with van der Waals surface area (Å²) in [4.78, 5) is 0. The van der Waals surface area contributed by atoms with Gasteiger partial charge in [0.1, 0.15) is 5.75 Å². The molecule has 0 unspecified atom stereocenters. The number of ether oxygens (including phenoxy) is 1. The van der Waals surface area contributed by atoms with Crippen molar-refractivity contribution in [3.05, 3.63) is 29.3 Å². The Kier molecular flexibility index (Phi) is 3.63. The second-order valence-corrected chi connectivity index (χ2v) is 3.30. The zero-order valence-electron chi connectivity index (χ0n) is 8.76. The summed E-state index contributed by atoms with van der Waals surface area (Å²) in [5.74, 6) is -2.57. The molecule has 0 aliphatic heterocycles. The van der Waals surface area contributed by atoms with E-state index < -0.39 is 5.92 Å². The van der Waals surface area contributed by atoms with Crippen LogP contribution in [-0.4, -0.2) is 11.7 Å². The summed E-state index contributed by atoms with van der Waals surface area (Å²) in [7, 11) is 0. The van der Waals surface area contributed by atoms with Crippen molar-refractivity contribution in [2.24, 2.45) is 0 Å². The van der Waals surface area contributed by atoms with Crippen molar-refractivity contribution in [1.29, 1.82) is 0 Å². The molecule has 1 aromatic carbocycles. The second-order valence-electron chi connectivity index (χ2n) is 3.30. The van der Waals surface area contributed by atoms with Gasteiger partial charge >= 0.3 is 0 Å². The molecule has 0 aromatic heterocycles. The normalized spacial score (nSPS) is 11.5. The van der Waals surface area contributed by atoms with E-state index in [-0.39, 0.29) is 12.2 Å². The molecule has 0 atom stereocenters. The standard InChI is InChI=1S/C11H14F2O2/c1-3-15-10-6-9(11(2,12)13)5-4-8(10)7-14/h4-6,14H,3,7H2,1-2H3. The quantitative estimate of drug-likeness (QED) is 0.838. The lowest BCUT2D eigenvalue weighted by Crippen LogP contribution is -2.08. The van der Waals surface area contributed by atoms with E-state index in [4.69, 9.17) is 9.84 Å². The van der Waals surface area contributed by atoms with Crippen LogP contribution in [0.5, 0.6) is 5.75 Å². The van der Waals surface area contributed by atoms with Gasteiger partial charge in [-0.3, -0.25) is 0 Å². The molecule has 0 bridgehead atoms. The van der Waals surface area contributed by atoms with Gasteiger partial charge in [0.05, 0.1) is 13.2 Å². The predicted octanol–water partition coefficient (Wildman–Crippen LogP) is 2.69. The van der Waals surface area contributed by atoms with Crippen molar-refractivity contribution in [2.45, 2.75) is 26.4 Å². The Balaban J connectivity index is 3.10. The minimum absolute atomic E-state index is 0.108. The maximum atomic E-state index is 13.0. The molecule has 4 heteroatoms. The molecule has 0 heterocycles. The Morgan fingerprint density at radius 1 is 1.40 bits per heavy atom. The fourth-order valence-electron chi connectivity index (χ4n) is 1.25. The number of halogens is 2. The molecule has 0 spiro atoms. The smallest absolute Gasteiger partial charge is 0.270 e. The number of alkyl halides is 2. The summed E-state index contributed by atoms with van der Waals surface area (Å²) in [5, 5.41) is 8.97. The van der Waals surface area contributed by atoms with Gasteiger partial charge in [-0.1, -0.05) is 12.1 Å². The topological polar surface area (TPSA) is 29.5 Å². The molecule has 0 aliphatic carbocycles. The number of rotatable bonds is 4. The Morgan fingerprint density at radius 2 is 2.07 bits per heavy atom. The summed E-state index contributed by atoms with van der Waals surface area (Å²) in [6.45, 7) is 2.76. The van der Waals surface area contributed by atoms with Gasteiger partial charge in [0.15, 0.2) is 0 Å². The number of aliphatic hydroxyl groups is 1. The van der Waals surface area contributed by atoms with E-state index in [1.807, 2.05) is 0 Å². The van der Waals surface area contributed by atoms with Crippen molar-refractivity contribution in [3.8, 4) is 5.75 Å². The molecular formula is C11H14F2O2. The van der Waals surface area contributed by atoms with Gasteiger partial charge in [0, 0.05) is 18.1 Å². The van der Waals surface area contributed by atoms with Crippen LogP contribution < -0.4 is 4.74 Å². The van der Waals surface area contributed by atoms with Gasteiger partial charge < -0.3 is 9.84 Å². The van der Waals surface area contributed by atoms with E-state index in [9.17, 15) is 8.78 Å². The summed E-state index contributed by atoms with van der Waals surface area (Å²) in [6, 6.07) is 4.03. The Bertz CT molecular complexity index is 332. The highest BCUT2D eigenvalue weighted by atomic mass is 19.3. The van der Waals surface area contributed by atoms with Crippen LogP contribution in [0.4, 0.5) is 8.78 Å². The third-order valence-corrected chi connectivity index (χ3v) is 2.04. The Morgan fingerprint density at radius 3 is 2.53 bits per heavy atom. The van der Waals surface area contributed by atoms with Crippen LogP contribution in [0.1, 0.15) is 25.0 Å². The van der Waals surface area contributed by atoms with Crippen LogP contribution in [-0.2, 0) is 12.5 Å². The van der Waals surface area contributed by atoms with E-state index in [2.05, 4.69) is 0 Å². The third kappa shape index (κ3) is 2.89. The van der Waals surface area contributed by atoms with Crippen LogP contribution in [0.15, 0.2) is 18.2 Å². The number of aliphatic hydroxyl groups excluding tert-OH is 1. The number of hydrogen-bond donors (Lipinski definition) is 1. The number of benzene rings is 1. The third-order valence-electron chi connectivity index (χ3n) is 2.04.